The SMILES string of the molecule is CS(=O)(=O)c1ccc(-c2csc(SCC(=O)O)n2)cc1. The van der Waals surface area contributed by atoms with Crippen molar-refractivity contribution < 1.29 is 18.3 Å². The summed E-state index contributed by atoms with van der Waals surface area (Å²) in [5, 5.41) is 10.4. The highest BCUT2D eigenvalue weighted by Gasteiger charge is 2.09. The number of carbonyl (C=O) groups is 1. The van der Waals surface area contributed by atoms with Crippen LogP contribution in [0.2, 0.25) is 0 Å². The molecule has 5 nitrogen and oxygen atoms in total. The van der Waals surface area contributed by atoms with Crippen molar-refractivity contribution in [1.82, 2.24) is 4.98 Å². The highest BCUT2D eigenvalue weighted by molar-refractivity contribution is 8.01. The first-order valence-corrected chi connectivity index (χ1v) is 9.22. The Morgan fingerprint density at radius 2 is 2.00 bits per heavy atom. The van der Waals surface area contributed by atoms with Crippen LogP contribution in [0.3, 0.4) is 0 Å². The Hall–Kier alpha value is -1.38. The van der Waals surface area contributed by atoms with E-state index in [9.17, 15) is 13.2 Å². The molecule has 0 fully saturated rings. The molecule has 0 aliphatic heterocycles. The van der Waals surface area contributed by atoms with E-state index in [0.29, 0.717) is 10.0 Å². The number of rotatable bonds is 5. The van der Waals surface area contributed by atoms with Gasteiger partial charge in [0.1, 0.15) is 0 Å². The Bertz CT molecular complexity index is 719. The van der Waals surface area contributed by atoms with Crippen LogP contribution in [-0.2, 0) is 14.6 Å². The smallest absolute Gasteiger partial charge is 0.313 e. The Morgan fingerprint density at radius 3 is 2.55 bits per heavy atom. The van der Waals surface area contributed by atoms with Crippen molar-refractivity contribution in [3.05, 3.63) is 29.6 Å². The van der Waals surface area contributed by atoms with E-state index < -0.39 is 15.8 Å². The molecule has 0 atom stereocenters. The molecule has 0 bridgehead atoms. The molecule has 0 saturated heterocycles. The number of carboxylic acid groups (broad SMARTS) is 1. The van der Waals surface area contributed by atoms with E-state index in [1.807, 2.05) is 5.38 Å². The fourth-order valence-corrected chi connectivity index (χ4v) is 3.64. The van der Waals surface area contributed by atoms with Gasteiger partial charge in [-0.2, -0.15) is 0 Å². The van der Waals surface area contributed by atoms with E-state index in [-0.39, 0.29) is 10.6 Å². The number of hydrogen-bond donors (Lipinski definition) is 1. The maximum absolute atomic E-state index is 11.4. The fraction of sp³-hybridized carbons (Fsp3) is 0.167. The Balaban J connectivity index is 2.18. The first-order chi connectivity index (χ1) is 9.36. The minimum absolute atomic E-state index is 0.0278. The van der Waals surface area contributed by atoms with Crippen molar-refractivity contribution in [2.75, 3.05) is 12.0 Å². The van der Waals surface area contributed by atoms with Gasteiger partial charge >= 0.3 is 5.97 Å². The van der Waals surface area contributed by atoms with Crippen molar-refractivity contribution in [3.63, 3.8) is 0 Å². The van der Waals surface area contributed by atoms with Crippen LogP contribution in [0.5, 0.6) is 0 Å². The molecule has 0 aliphatic rings. The van der Waals surface area contributed by atoms with Gasteiger partial charge in [0, 0.05) is 17.2 Å². The van der Waals surface area contributed by atoms with E-state index >= 15 is 0 Å². The molecule has 20 heavy (non-hydrogen) atoms. The van der Waals surface area contributed by atoms with E-state index in [0.717, 1.165) is 23.6 Å². The summed E-state index contributed by atoms with van der Waals surface area (Å²) in [6.07, 6.45) is 1.16. The largest absolute Gasteiger partial charge is 0.481 e. The van der Waals surface area contributed by atoms with Crippen LogP contribution in [0.4, 0.5) is 0 Å². The zero-order chi connectivity index (χ0) is 14.8. The molecule has 0 aliphatic carbocycles. The lowest BCUT2D eigenvalue weighted by Gasteiger charge is -2.00. The Morgan fingerprint density at radius 1 is 1.35 bits per heavy atom. The molecule has 106 valence electrons. The minimum Gasteiger partial charge on any atom is -0.481 e. The molecule has 0 radical (unpaired) electrons. The standard InChI is InChI=1S/C12H11NO4S3/c1-20(16,17)9-4-2-8(3-5-9)10-6-18-12(13-10)19-7-11(14)15/h2-6H,7H2,1H3,(H,14,15). The van der Waals surface area contributed by atoms with Gasteiger partial charge in [-0.15, -0.1) is 11.3 Å². The fourth-order valence-electron chi connectivity index (χ4n) is 1.45. The lowest BCUT2D eigenvalue weighted by molar-refractivity contribution is -0.133. The molecule has 0 amide bonds. The van der Waals surface area contributed by atoms with Gasteiger partial charge in [0.2, 0.25) is 0 Å². The number of aliphatic carboxylic acids is 1. The van der Waals surface area contributed by atoms with Gasteiger partial charge in [-0.05, 0) is 12.1 Å². The van der Waals surface area contributed by atoms with Gasteiger partial charge in [0.05, 0.1) is 16.3 Å². The third-order valence-corrected chi connectivity index (χ3v) is 5.51. The molecular formula is C12H11NO4S3. The second-order valence-electron chi connectivity index (χ2n) is 3.98. The predicted octanol–water partition coefficient (Wildman–Crippen LogP) is 2.39. The summed E-state index contributed by atoms with van der Waals surface area (Å²) in [6, 6.07) is 6.45. The van der Waals surface area contributed by atoms with E-state index in [1.54, 1.807) is 12.1 Å². The van der Waals surface area contributed by atoms with Crippen molar-refractivity contribution in [2.45, 2.75) is 9.24 Å². The van der Waals surface area contributed by atoms with Crippen LogP contribution in [-0.4, -0.2) is 36.5 Å². The number of benzene rings is 1. The quantitative estimate of drug-likeness (QED) is 0.848. The Labute approximate surface area is 124 Å². The van der Waals surface area contributed by atoms with Crippen LogP contribution in [0.15, 0.2) is 38.9 Å². The van der Waals surface area contributed by atoms with Gasteiger partial charge in [0.25, 0.3) is 0 Å². The van der Waals surface area contributed by atoms with Crippen molar-refractivity contribution in [3.8, 4) is 11.3 Å². The summed E-state index contributed by atoms with van der Waals surface area (Å²) in [6.45, 7) is 0. The molecule has 2 rings (SSSR count). The van der Waals surface area contributed by atoms with Gasteiger partial charge in [-0.25, -0.2) is 13.4 Å². The van der Waals surface area contributed by atoms with E-state index in [4.69, 9.17) is 5.11 Å². The molecule has 1 N–H and O–H groups in total. The van der Waals surface area contributed by atoms with Crippen LogP contribution in [0.1, 0.15) is 0 Å². The molecule has 2 aromatic rings. The molecule has 0 unspecified atom stereocenters. The second kappa shape index (κ2) is 5.94. The maximum atomic E-state index is 11.4. The third-order valence-electron chi connectivity index (χ3n) is 2.38. The van der Waals surface area contributed by atoms with Crippen molar-refractivity contribution in [2.24, 2.45) is 0 Å². The summed E-state index contributed by atoms with van der Waals surface area (Å²) in [5.41, 5.74) is 1.51. The monoisotopic (exact) mass is 329 g/mol. The summed E-state index contributed by atoms with van der Waals surface area (Å²) in [4.78, 5) is 15.1. The maximum Gasteiger partial charge on any atom is 0.313 e. The summed E-state index contributed by atoms with van der Waals surface area (Å²) < 4.78 is 23.4. The van der Waals surface area contributed by atoms with Crippen LogP contribution in [0, 0.1) is 0 Å². The highest BCUT2D eigenvalue weighted by atomic mass is 32.2. The summed E-state index contributed by atoms with van der Waals surface area (Å²) >= 11 is 2.53. The average Bonchev–Trinajstić information content (AvgIpc) is 2.84. The van der Waals surface area contributed by atoms with Crippen LogP contribution < -0.4 is 0 Å². The third kappa shape index (κ3) is 3.81. The van der Waals surface area contributed by atoms with E-state index in [2.05, 4.69) is 4.98 Å². The number of sulfone groups is 1. The highest BCUT2D eigenvalue weighted by Crippen LogP contribution is 2.28. The first-order valence-electron chi connectivity index (χ1n) is 5.47. The zero-order valence-corrected chi connectivity index (χ0v) is 12.9. The predicted molar refractivity (Wildman–Crippen MR) is 79.0 cm³/mol. The number of nitrogens with zero attached hydrogens (tertiary/aromatic N) is 1. The second-order valence-corrected chi connectivity index (χ2v) is 8.07. The Kier molecular flexibility index (Phi) is 4.46. The molecular weight excluding hydrogens is 318 g/mol. The average molecular weight is 329 g/mol. The topological polar surface area (TPSA) is 84.3 Å². The number of carboxylic acids is 1. The summed E-state index contributed by atoms with van der Waals surface area (Å²) in [5.74, 6) is -0.913. The first kappa shape index (κ1) is 15.0. The molecule has 1 aromatic heterocycles. The molecule has 1 heterocycles. The van der Waals surface area contributed by atoms with E-state index in [1.165, 1.54) is 23.5 Å². The zero-order valence-electron chi connectivity index (χ0n) is 10.4. The molecule has 8 heteroatoms. The minimum atomic E-state index is -3.20. The van der Waals surface area contributed by atoms with Gasteiger partial charge in [-0.3, -0.25) is 4.79 Å². The molecule has 0 saturated carbocycles. The van der Waals surface area contributed by atoms with Gasteiger partial charge < -0.3 is 5.11 Å². The van der Waals surface area contributed by atoms with Gasteiger partial charge in [-0.1, -0.05) is 23.9 Å². The summed E-state index contributed by atoms with van der Waals surface area (Å²) in [7, 11) is -3.20. The van der Waals surface area contributed by atoms with Crippen molar-refractivity contribution >= 4 is 38.9 Å². The number of aromatic nitrogens is 1. The number of thioether (sulfide) groups is 1. The van der Waals surface area contributed by atoms with Crippen LogP contribution in [0.25, 0.3) is 11.3 Å². The van der Waals surface area contributed by atoms with Crippen molar-refractivity contribution in [1.29, 1.82) is 0 Å². The lowest BCUT2D eigenvalue weighted by atomic mass is 10.2. The van der Waals surface area contributed by atoms with Crippen LogP contribution >= 0.6 is 23.1 Å². The normalized spacial score (nSPS) is 11.4. The number of hydrogen-bond acceptors (Lipinski definition) is 6. The molecule has 1 aromatic carbocycles. The number of thiazole rings is 1. The van der Waals surface area contributed by atoms with Gasteiger partial charge in [0.15, 0.2) is 14.2 Å². The lowest BCUT2D eigenvalue weighted by Crippen LogP contribution is -1.97. The molecule has 0 spiro atoms.